The smallest absolute Gasteiger partial charge is 0.166 e. The number of hydrogen-bond acceptors (Lipinski definition) is 8. The highest BCUT2D eigenvalue weighted by molar-refractivity contribution is 7.81. The predicted octanol–water partition coefficient (Wildman–Crippen LogP) is 8.18. The van der Waals surface area contributed by atoms with Gasteiger partial charge in [-0.15, -0.1) is 0 Å². The van der Waals surface area contributed by atoms with Crippen molar-refractivity contribution in [3.8, 4) is 0 Å². The fraction of sp³-hybridized carbons (Fsp3) is 0.919. The van der Waals surface area contributed by atoms with Gasteiger partial charge in [0.15, 0.2) is 30.7 Å². The first-order valence-corrected chi connectivity index (χ1v) is 42.2. The second-order valence-corrected chi connectivity index (χ2v) is 28.7. The van der Waals surface area contributed by atoms with E-state index in [0.29, 0.717) is 0 Å². The van der Waals surface area contributed by atoms with E-state index in [9.17, 15) is 0 Å². The lowest BCUT2D eigenvalue weighted by molar-refractivity contribution is -0.929. The van der Waals surface area contributed by atoms with Crippen LogP contribution in [0, 0.1) is 0 Å². The second-order valence-electron chi connectivity index (χ2n) is 26.2. The summed E-state index contributed by atoms with van der Waals surface area (Å²) in [6.07, 6.45) is 35.9. The van der Waals surface area contributed by atoms with Gasteiger partial charge < -0.3 is 97.6 Å². The van der Waals surface area contributed by atoms with Crippen LogP contribution in [-0.4, -0.2) is 220 Å². The molecule has 0 aliphatic heterocycles. The topological polar surface area (TPSA) is 151 Å². The first-order chi connectivity index (χ1) is 46.5. The van der Waals surface area contributed by atoms with E-state index in [2.05, 4.69) is 171 Å². The molecule has 0 unspecified atom stereocenters. The number of hydrogen-bond donors (Lipinski definition) is 12. The largest absolute Gasteiger partial charge is 1.00 e. The van der Waals surface area contributed by atoms with Crippen molar-refractivity contribution in [2.75, 3.05) is 170 Å². The molecule has 0 amide bonds. The molecule has 16 nitrogen and oxygen atoms in total. The molecule has 98 heavy (non-hydrogen) atoms. The van der Waals surface area contributed by atoms with Crippen LogP contribution in [0.4, 0.5) is 0 Å². The molecule has 0 radical (unpaired) electrons. The van der Waals surface area contributed by atoms with Crippen LogP contribution >= 0.6 is 73.3 Å². The van der Waals surface area contributed by atoms with Crippen molar-refractivity contribution in [3.63, 3.8) is 0 Å². The van der Waals surface area contributed by atoms with E-state index >= 15 is 0 Å². The van der Waals surface area contributed by atoms with Gasteiger partial charge in [0.05, 0.1) is 52.4 Å². The van der Waals surface area contributed by atoms with Crippen molar-refractivity contribution in [2.45, 2.75) is 277 Å². The maximum absolute atomic E-state index is 5.35. The molecule has 0 heterocycles. The zero-order chi connectivity index (χ0) is 72.3. The van der Waals surface area contributed by atoms with Gasteiger partial charge in [-0.1, -0.05) is 187 Å². The third-order valence-corrected chi connectivity index (χ3v) is 18.8. The molecule has 0 aromatic heterocycles. The van der Waals surface area contributed by atoms with E-state index in [1.165, 1.54) is 164 Å². The Bertz CT molecular complexity index is 1410. The van der Waals surface area contributed by atoms with Crippen molar-refractivity contribution in [1.82, 2.24) is 73.6 Å². The van der Waals surface area contributed by atoms with Crippen molar-refractivity contribution in [3.05, 3.63) is 0 Å². The fourth-order valence-corrected chi connectivity index (χ4v) is 11.8. The van der Waals surface area contributed by atoms with Crippen LogP contribution in [0.3, 0.4) is 0 Å². The zero-order valence-electron chi connectivity index (χ0n) is 66.2. The summed E-state index contributed by atoms with van der Waals surface area (Å²) in [6, 6.07) is 0. The normalized spacial score (nSPS) is 10.8. The number of nitrogens with one attached hydrogen (secondary N) is 12. The average Bonchev–Trinajstić information content (AvgIpc) is 0.970. The second kappa shape index (κ2) is 84.5. The molecule has 0 rings (SSSR count). The molecule has 0 atom stereocenters. The number of thiocarbonyl (C=S) groups is 6. The van der Waals surface area contributed by atoms with Gasteiger partial charge in [0.1, 0.15) is 0 Å². The van der Waals surface area contributed by atoms with E-state index in [1.54, 1.807) is 0 Å². The van der Waals surface area contributed by atoms with Gasteiger partial charge in [-0.05, 0) is 163 Å². The minimum atomic E-state index is 0. The van der Waals surface area contributed by atoms with Crippen LogP contribution in [0.2, 0.25) is 0 Å². The van der Waals surface area contributed by atoms with Crippen LogP contribution in [0.25, 0.3) is 0 Å². The summed E-state index contributed by atoms with van der Waals surface area (Å²) >= 11 is 32.1. The lowest BCUT2D eigenvalue weighted by Crippen LogP contribution is -3.00. The quantitative estimate of drug-likeness (QED) is 0.0161. The van der Waals surface area contributed by atoms with E-state index < -0.39 is 0 Å². The van der Waals surface area contributed by atoms with Gasteiger partial charge >= 0.3 is 0 Å². The molecule has 12 N–H and O–H groups in total. The van der Waals surface area contributed by atoms with Gasteiger partial charge in [-0.2, -0.15) is 0 Å². The highest BCUT2D eigenvalue weighted by Gasteiger charge is 2.26. The standard InChI is InChI=1S/2C21H45N7S3.2C16H36N.2ClH/c2*1-4-7-10-22-19(29)25-13-16-28(17-14-26-20(30)23-11-8-5-2)18-15-27-21(31)24-12-9-6-3;2*1-5-9-13-17(14-10-6-2,15-11-7-3)16-12-8-4;;/h2*4-18H2,1-3H3,(H2,22,25,29)(H2,23,26,30)(H2,24,27,31);2*5-16H2,1-4H3;2*1H/q;;2*+1;;/p-2. The molecule has 0 bridgehead atoms. The third kappa shape index (κ3) is 75.7. The Morgan fingerprint density at radius 3 is 0.418 bits per heavy atom. The van der Waals surface area contributed by atoms with E-state index in [-0.39, 0.29) is 24.8 Å². The average molecular weight is 1540 g/mol. The lowest BCUT2D eigenvalue weighted by atomic mass is 10.1. The zero-order valence-corrected chi connectivity index (χ0v) is 72.6. The Kier molecular flexibility index (Phi) is 92.7. The molecule has 0 aromatic rings. The number of rotatable bonds is 60. The summed E-state index contributed by atoms with van der Waals surface area (Å²) < 4.78 is 2.84. The van der Waals surface area contributed by atoms with Gasteiger partial charge in [-0.25, -0.2) is 0 Å². The molecule has 0 saturated heterocycles. The molecule has 0 saturated carbocycles. The minimum Gasteiger partial charge on any atom is -1.00 e. The van der Waals surface area contributed by atoms with E-state index in [1.807, 2.05) is 0 Å². The number of halogens is 2. The monoisotopic (exact) mass is 1540 g/mol. The maximum Gasteiger partial charge on any atom is 0.166 e. The van der Waals surface area contributed by atoms with Crippen LogP contribution in [0.1, 0.15) is 277 Å². The van der Waals surface area contributed by atoms with Gasteiger partial charge in [0, 0.05) is 118 Å². The van der Waals surface area contributed by atoms with Crippen molar-refractivity contribution in [1.29, 1.82) is 0 Å². The number of quaternary nitrogens is 2. The van der Waals surface area contributed by atoms with Gasteiger partial charge in [-0.3, -0.25) is 9.80 Å². The van der Waals surface area contributed by atoms with Crippen LogP contribution in [0.5, 0.6) is 0 Å². The van der Waals surface area contributed by atoms with Crippen LogP contribution in [0.15, 0.2) is 0 Å². The summed E-state index contributed by atoms with van der Waals surface area (Å²) in [6.45, 7) is 58.8. The van der Waals surface area contributed by atoms with E-state index in [4.69, 9.17) is 73.3 Å². The Labute approximate surface area is 653 Å². The molecule has 0 spiro atoms. The predicted molar refractivity (Wildman–Crippen MR) is 453 cm³/mol. The molecule has 0 aliphatic carbocycles. The first kappa shape index (κ1) is 108. The molecule has 0 aromatic carbocycles. The molecule has 588 valence electrons. The summed E-state index contributed by atoms with van der Waals surface area (Å²) in [5, 5.41) is 43.7. The van der Waals surface area contributed by atoms with Gasteiger partial charge in [0.25, 0.3) is 0 Å². The number of unbranched alkanes of at least 4 members (excludes halogenated alkanes) is 14. The van der Waals surface area contributed by atoms with Crippen LogP contribution in [-0.2, 0) is 0 Å². The molecular weight excluding hydrogens is 1380 g/mol. The first-order valence-electron chi connectivity index (χ1n) is 39.8. The van der Waals surface area contributed by atoms with Gasteiger partial charge in [0.2, 0.25) is 0 Å². The maximum atomic E-state index is 5.35. The summed E-state index contributed by atoms with van der Waals surface area (Å²) in [5.41, 5.74) is 0. The van der Waals surface area contributed by atoms with Crippen molar-refractivity contribution in [2.24, 2.45) is 0 Å². The Morgan fingerprint density at radius 2 is 0.306 bits per heavy atom. The summed E-state index contributed by atoms with van der Waals surface area (Å²) in [7, 11) is 0. The summed E-state index contributed by atoms with van der Waals surface area (Å²) in [4.78, 5) is 4.76. The van der Waals surface area contributed by atoms with E-state index in [0.717, 1.165) is 226 Å². The van der Waals surface area contributed by atoms with Crippen LogP contribution < -0.4 is 88.6 Å². The third-order valence-electron chi connectivity index (χ3n) is 17.1. The lowest BCUT2D eigenvalue weighted by Gasteiger charge is -2.39. The highest BCUT2D eigenvalue weighted by Crippen LogP contribution is 2.18. The van der Waals surface area contributed by atoms with Crippen molar-refractivity contribution >= 4 is 104 Å². The highest BCUT2D eigenvalue weighted by atomic mass is 35.5. The Morgan fingerprint density at radius 1 is 0.194 bits per heavy atom. The fourth-order valence-electron chi connectivity index (χ4n) is 10.6. The minimum absolute atomic E-state index is 0. The van der Waals surface area contributed by atoms with Crippen molar-refractivity contribution < 1.29 is 33.8 Å². The Hall–Kier alpha value is -1.44. The summed E-state index contributed by atoms with van der Waals surface area (Å²) in [5.74, 6) is 0. The molecule has 24 heteroatoms. The molecular formula is C74H162Cl2N16S6. The molecule has 0 aliphatic rings. The molecule has 0 fully saturated rings. The number of nitrogens with zero attached hydrogens (tertiary/aromatic N) is 4. The Balaban J connectivity index is -0.000000297. The SMILES string of the molecule is CCCCNC(=S)NCCN(CCNC(=S)NCCCC)CCNC(=S)NCCCC.CCCCNC(=S)NCCN(CCNC(=S)NCCCC)CCNC(=S)NCCCC.CCCC[N+](CCCC)(CCCC)CCCC.CCCC[N+](CCCC)(CCCC)CCCC.[Cl-].[Cl-].